The van der Waals surface area contributed by atoms with E-state index in [9.17, 15) is 31.1 Å². The van der Waals surface area contributed by atoms with Gasteiger partial charge in [-0.1, -0.05) is 38.1 Å². The SMILES string of the molecule is CC.O=C(O)CC1CCN(Cc2ccc(C(F)(F)F)cc2)C(c2ccc(C(F)(F)F)cc2)C1. The molecule has 0 radical (unpaired) electrons. The fourth-order valence-electron chi connectivity index (χ4n) is 3.98. The van der Waals surface area contributed by atoms with Crippen LogP contribution in [0.3, 0.4) is 0 Å². The van der Waals surface area contributed by atoms with Crippen molar-refractivity contribution < 1.29 is 36.2 Å². The smallest absolute Gasteiger partial charge is 0.416 e. The zero-order valence-electron chi connectivity index (χ0n) is 18.4. The number of hydrogen-bond acceptors (Lipinski definition) is 2. The van der Waals surface area contributed by atoms with Crippen LogP contribution in [-0.4, -0.2) is 22.5 Å². The number of likely N-dealkylation sites (tertiary alicyclic amines) is 1. The molecular formula is C24H27F6NO2. The Morgan fingerprint density at radius 2 is 1.39 bits per heavy atom. The maximum atomic E-state index is 12.9. The Morgan fingerprint density at radius 3 is 1.85 bits per heavy atom. The Hall–Kier alpha value is -2.55. The van der Waals surface area contributed by atoms with Crippen LogP contribution in [0.2, 0.25) is 0 Å². The van der Waals surface area contributed by atoms with Crippen molar-refractivity contribution in [2.45, 2.75) is 58.0 Å². The number of nitrogens with zero attached hydrogens (tertiary/aromatic N) is 1. The fraction of sp³-hybridized carbons (Fsp3) is 0.458. The van der Waals surface area contributed by atoms with Crippen LogP contribution in [0, 0.1) is 5.92 Å². The van der Waals surface area contributed by atoms with Crippen molar-refractivity contribution in [1.82, 2.24) is 4.90 Å². The first kappa shape index (κ1) is 26.7. The van der Waals surface area contributed by atoms with Gasteiger partial charge in [-0.05, 0) is 60.7 Å². The quantitative estimate of drug-likeness (QED) is 0.466. The van der Waals surface area contributed by atoms with Crippen LogP contribution in [0.5, 0.6) is 0 Å². The predicted octanol–water partition coefficient (Wildman–Crippen LogP) is 7.18. The molecule has 1 heterocycles. The van der Waals surface area contributed by atoms with Crippen LogP contribution < -0.4 is 0 Å². The Bertz CT molecular complexity index is 891. The molecule has 0 spiro atoms. The van der Waals surface area contributed by atoms with Gasteiger partial charge in [-0.2, -0.15) is 26.3 Å². The van der Waals surface area contributed by atoms with Gasteiger partial charge in [0.15, 0.2) is 0 Å². The van der Waals surface area contributed by atoms with Crippen LogP contribution in [-0.2, 0) is 23.7 Å². The summed E-state index contributed by atoms with van der Waals surface area (Å²) in [7, 11) is 0. The lowest BCUT2D eigenvalue weighted by atomic mass is 9.84. The van der Waals surface area contributed by atoms with E-state index in [1.165, 1.54) is 24.3 Å². The molecule has 1 aliphatic rings. The second kappa shape index (κ2) is 11.0. The molecule has 1 saturated heterocycles. The van der Waals surface area contributed by atoms with Crippen LogP contribution >= 0.6 is 0 Å². The monoisotopic (exact) mass is 475 g/mol. The first-order valence-corrected chi connectivity index (χ1v) is 10.7. The second-order valence-electron chi connectivity index (χ2n) is 7.79. The maximum absolute atomic E-state index is 12.9. The number of carboxylic acids is 1. The number of rotatable bonds is 5. The van der Waals surface area contributed by atoms with Gasteiger partial charge in [0.1, 0.15) is 0 Å². The molecule has 3 rings (SSSR count). The molecule has 1 fully saturated rings. The normalized spacial score (nSPS) is 19.5. The van der Waals surface area contributed by atoms with Crippen LogP contribution in [0.4, 0.5) is 26.3 Å². The second-order valence-corrected chi connectivity index (χ2v) is 7.79. The molecule has 3 nitrogen and oxygen atoms in total. The standard InChI is InChI=1S/C22H21F6NO2.C2H6/c23-21(24,25)17-5-1-14(2-6-17)13-29-10-9-15(12-20(30)31)11-19(29)16-3-7-18(8-4-16)22(26,27)28;1-2/h1-8,15,19H,9-13H2,(H,30,31);1-2H3. The van der Waals surface area contributed by atoms with Crippen LogP contribution in [0.15, 0.2) is 48.5 Å². The van der Waals surface area contributed by atoms with E-state index in [1.54, 1.807) is 0 Å². The molecule has 1 N–H and O–H groups in total. The van der Waals surface area contributed by atoms with Gasteiger partial charge >= 0.3 is 18.3 Å². The third kappa shape index (κ3) is 7.48. The van der Waals surface area contributed by atoms with E-state index >= 15 is 0 Å². The van der Waals surface area contributed by atoms with E-state index in [0.29, 0.717) is 37.1 Å². The zero-order valence-corrected chi connectivity index (χ0v) is 18.4. The molecule has 33 heavy (non-hydrogen) atoms. The molecule has 182 valence electrons. The van der Waals surface area contributed by atoms with Crippen molar-refractivity contribution in [3.8, 4) is 0 Å². The first-order valence-electron chi connectivity index (χ1n) is 10.7. The van der Waals surface area contributed by atoms with Gasteiger partial charge in [0.05, 0.1) is 11.1 Å². The lowest BCUT2D eigenvalue weighted by Crippen LogP contribution is -2.37. The van der Waals surface area contributed by atoms with Crippen molar-refractivity contribution in [2.24, 2.45) is 5.92 Å². The van der Waals surface area contributed by atoms with Crippen molar-refractivity contribution >= 4 is 5.97 Å². The minimum atomic E-state index is -4.46. The molecule has 0 aromatic heterocycles. The molecule has 2 aromatic rings. The van der Waals surface area contributed by atoms with Crippen molar-refractivity contribution in [3.63, 3.8) is 0 Å². The fourth-order valence-corrected chi connectivity index (χ4v) is 3.98. The Kier molecular flexibility index (Phi) is 8.94. The lowest BCUT2D eigenvalue weighted by molar-refractivity contribution is -0.139. The highest BCUT2D eigenvalue weighted by Gasteiger charge is 2.34. The Balaban J connectivity index is 0.00000187. The summed E-state index contributed by atoms with van der Waals surface area (Å²) in [6, 6.07) is 9.19. The Labute approximate surface area is 189 Å². The molecule has 2 unspecified atom stereocenters. The summed E-state index contributed by atoms with van der Waals surface area (Å²) < 4.78 is 77.0. The minimum Gasteiger partial charge on any atom is -0.481 e. The van der Waals surface area contributed by atoms with Crippen molar-refractivity contribution in [3.05, 3.63) is 70.8 Å². The number of aliphatic carboxylic acids is 1. The van der Waals surface area contributed by atoms with Crippen molar-refractivity contribution in [2.75, 3.05) is 6.54 Å². The number of alkyl halides is 6. The zero-order chi connectivity index (χ0) is 24.8. The van der Waals surface area contributed by atoms with E-state index < -0.39 is 29.4 Å². The summed E-state index contributed by atoms with van der Waals surface area (Å²) in [6.07, 6.45) is -7.90. The number of benzene rings is 2. The van der Waals surface area contributed by atoms with E-state index in [2.05, 4.69) is 0 Å². The highest BCUT2D eigenvalue weighted by Crippen LogP contribution is 2.38. The molecule has 0 aliphatic carbocycles. The third-order valence-electron chi connectivity index (χ3n) is 5.57. The van der Waals surface area contributed by atoms with Crippen LogP contribution in [0.1, 0.15) is 61.4 Å². The van der Waals surface area contributed by atoms with Gasteiger partial charge in [-0.15, -0.1) is 0 Å². The third-order valence-corrected chi connectivity index (χ3v) is 5.57. The molecular weight excluding hydrogens is 448 g/mol. The molecule has 0 bridgehead atoms. The Morgan fingerprint density at radius 1 is 0.909 bits per heavy atom. The largest absolute Gasteiger partial charge is 0.481 e. The van der Waals surface area contributed by atoms with E-state index in [1.807, 2.05) is 18.7 Å². The highest BCUT2D eigenvalue weighted by atomic mass is 19.4. The summed E-state index contributed by atoms with van der Waals surface area (Å²) in [6.45, 7) is 4.80. The van der Waals surface area contributed by atoms with Gasteiger partial charge < -0.3 is 5.11 Å². The first-order chi connectivity index (χ1) is 15.4. The predicted molar refractivity (Wildman–Crippen MR) is 112 cm³/mol. The average Bonchev–Trinajstić information content (AvgIpc) is 2.75. The van der Waals surface area contributed by atoms with Crippen molar-refractivity contribution in [1.29, 1.82) is 0 Å². The topological polar surface area (TPSA) is 40.5 Å². The van der Waals surface area contributed by atoms with Gasteiger partial charge in [-0.25, -0.2) is 0 Å². The summed E-state index contributed by atoms with van der Waals surface area (Å²) in [5.41, 5.74) is -0.268. The molecule has 1 aliphatic heterocycles. The van der Waals surface area contributed by atoms with Crippen LogP contribution in [0.25, 0.3) is 0 Å². The summed E-state index contributed by atoms with van der Waals surface area (Å²) >= 11 is 0. The van der Waals surface area contributed by atoms with E-state index in [-0.39, 0.29) is 18.4 Å². The molecule has 2 aromatic carbocycles. The number of hydrogen-bond donors (Lipinski definition) is 1. The number of piperidine rings is 1. The maximum Gasteiger partial charge on any atom is 0.416 e. The van der Waals surface area contributed by atoms with Gasteiger partial charge in [0.25, 0.3) is 0 Å². The number of carbonyl (C=O) groups is 1. The van der Waals surface area contributed by atoms with Gasteiger partial charge in [-0.3, -0.25) is 9.69 Å². The van der Waals surface area contributed by atoms with Gasteiger partial charge in [0, 0.05) is 19.0 Å². The highest BCUT2D eigenvalue weighted by molar-refractivity contribution is 5.67. The van der Waals surface area contributed by atoms with Gasteiger partial charge in [0.2, 0.25) is 0 Å². The minimum absolute atomic E-state index is 0.0365. The molecule has 0 amide bonds. The van der Waals surface area contributed by atoms with E-state index in [4.69, 9.17) is 5.11 Å². The molecule has 0 saturated carbocycles. The number of carboxylic acid groups (broad SMARTS) is 1. The average molecular weight is 475 g/mol. The summed E-state index contributed by atoms with van der Waals surface area (Å²) in [5, 5.41) is 9.11. The summed E-state index contributed by atoms with van der Waals surface area (Å²) in [5.74, 6) is -1.07. The summed E-state index contributed by atoms with van der Waals surface area (Å²) in [4.78, 5) is 13.1. The lowest BCUT2D eigenvalue weighted by Gasteiger charge is -2.39. The number of halogens is 6. The molecule has 9 heteroatoms. The van der Waals surface area contributed by atoms with E-state index in [0.717, 1.165) is 24.3 Å². The molecule has 2 atom stereocenters.